The Morgan fingerprint density at radius 3 is 1.95 bits per heavy atom. The number of aliphatic hydroxyl groups excluding tert-OH is 1. The van der Waals surface area contributed by atoms with Crippen molar-refractivity contribution in [3.8, 4) is 5.75 Å². The molecule has 3 N–H and O–H groups in total. The van der Waals surface area contributed by atoms with E-state index in [9.17, 15) is 14.7 Å². The summed E-state index contributed by atoms with van der Waals surface area (Å²) in [5, 5.41) is 14.9. The third kappa shape index (κ3) is 12.4. The van der Waals surface area contributed by atoms with Gasteiger partial charge in [0.25, 0.3) is 0 Å². The maximum Gasteiger partial charge on any atom is 0.407 e. The van der Waals surface area contributed by atoms with Gasteiger partial charge >= 0.3 is 12.2 Å². The fourth-order valence-corrected chi connectivity index (χ4v) is 3.32. The van der Waals surface area contributed by atoms with Crippen molar-refractivity contribution in [3.63, 3.8) is 0 Å². The lowest BCUT2D eigenvalue weighted by molar-refractivity contribution is 0.143. The minimum absolute atomic E-state index is 0.146. The molecule has 3 rings (SSSR count). The number of nitrogens with one attached hydrogen (secondary N) is 2. The van der Waals surface area contributed by atoms with E-state index in [1.807, 2.05) is 30.3 Å². The van der Waals surface area contributed by atoms with Gasteiger partial charge in [-0.3, -0.25) is 0 Å². The highest BCUT2D eigenvalue weighted by molar-refractivity contribution is 5.67. The average molecular weight is 544 g/mol. The molecule has 0 aliphatic heterocycles. The number of alkyl carbamates (subject to hydrolysis) is 2. The Hall–Kier alpha value is -4.04. The van der Waals surface area contributed by atoms with E-state index in [2.05, 4.69) is 10.6 Å². The van der Waals surface area contributed by atoms with Crippen molar-refractivity contribution in [3.05, 3.63) is 102 Å². The lowest BCUT2D eigenvalue weighted by Crippen LogP contribution is -2.27. The maximum absolute atomic E-state index is 11.5. The standard InChI is InChI=1S/C19H23NO3.C12H17NO3/c1-3-22-19(21)20-14-13-18(16-10-5-4-6-11-16)23-17-12-8-7-9-15(17)2;1-2-16-12(15)13-9-8-11(14)10-6-4-3-5-7-10/h4-12,18H,3,13-14H2,1-2H3,(H,20,21);3-7,11,14H,2,8-9H2,1H3,(H,13,15)/i2D3,7D,8D,9D,12D;. The topological polar surface area (TPSA) is 106 Å². The summed E-state index contributed by atoms with van der Waals surface area (Å²) in [5.41, 5.74) is 0.938. The van der Waals surface area contributed by atoms with Crippen LogP contribution < -0.4 is 15.4 Å². The zero-order chi connectivity index (χ0) is 34.3. The second-order valence-electron chi connectivity index (χ2n) is 8.02. The molecule has 0 fully saturated rings. The van der Waals surface area contributed by atoms with Gasteiger partial charge in [-0.15, -0.1) is 0 Å². The van der Waals surface area contributed by atoms with E-state index in [1.54, 1.807) is 44.2 Å². The Balaban J connectivity index is 0.000000387. The van der Waals surface area contributed by atoms with Gasteiger partial charge in [0.15, 0.2) is 0 Å². The highest BCUT2D eigenvalue weighted by atomic mass is 16.6. The first-order chi connectivity index (χ1) is 21.8. The molecule has 0 spiro atoms. The summed E-state index contributed by atoms with van der Waals surface area (Å²) in [6.07, 6.45) is -1.68. The highest BCUT2D eigenvalue weighted by Crippen LogP contribution is 2.27. The van der Waals surface area contributed by atoms with Gasteiger partial charge in [-0.25, -0.2) is 9.59 Å². The van der Waals surface area contributed by atoms with Crippen LogP contribution in [0.5, 0.6) is 5.75 Å². The van der Waals surface area contributed by atoms with E-state index in [0.717, 1.165) is 5.56 Å². The van der Waals surface area contributed by atoms with Gasteiger partial charge < -0.3 is 30.0 Å². The van der Waals surface area contributed by atoms with Crippen LogP contribution in [0.1, 0.15) is 65.2 Å². The molecule has 2 atom stereocenters. The second-order valence-corrected chi connectivity index (χ2v) is 8.02. The quantitative estimate of drug-likeness (QED) is 0.255. The summed E-state index contributed by atoms with van der Waals surface area (Å²) in [7, 11) is 0. The molecule has 2 amide bonds. The third-order valence-corrected chi connectivity index (χ3v) is 5.18. The number of ether oxygens (including phenoxy) is 3. The molecule has 0 heterocycles. The first-order valence-electron chi connectivity index (χ1n) is 16.2. The van der Waals surface area contributed by atoms with Crippen LogP contribution in [0.15, 0.2) is 84.8 Å². The van der Waals surface area contributed by atoms with Gasteiger partial charge in [0, 0.05) is 23.6 Å². The molecule has 2 unspecified atom stereocenters. The number of amides is 2. The molecule has 0 saturated carbocycles. The molecule has 0 aliphatic carbocycles. The number of hydrogen-bond donors (Lipinski definition) is 3. The monoisotopic (exact) mass is 543 g/mol. The summed E-state index contributed by atoms with van der Waals surface area (Å²) in [6, 6.07) is 15.7. The molecule has 3 aromatic rings. The molecule has 0 aliphatic rings. The Bertz CT molecular complexity index is 1400. The number of rotatable bonds is 12. The first kappa shape index (κ1) is 21.8. The zero-order valence-electron chi connectivity index (χ0n) is 29.2. The van der Waals surface area contributed by atoms with Crippen LogP contribution >= 0.6 is 0 Å². The van der Waals surface area contributed by atoms with Crippen molar-refractivity contribution < 1.29 is 38.5 Å². The van der Waals surface area contributed by atoms with Gasteiger partial charge in [0.05, 0.1) is 24.8 Å². The Labute approximate surface area is 241 Å². The van der Waals surface area contributed by atoms with E-state index in [0.29, 0.717) is 25.1 Å². The number of carbonyl (C=O) groups is 2. The molecule has 0 radical (unpaired) electrons. The van der Waals surface area contributed by atoms with Crippen LogP contribution in [-0.4, -0.2) is 43.6 Å². The lowest BCUT2D eigenvalue weighted by atomic mass is 10.1. The van der Waals surface area contributed by atoms with Gasteiger partial charge in [-0.2, -0.15) is 0 Å². The summed E-state index contributed by atoms with van der Waals surface area (Å²) in [5.74, 6) is -0.425. The fraction of sp³-hybridized carbons (Fsp3) is 0.355. The average Bonchev–Trinajstić information content (AvgIpc) is 3.02. The maximum atomic E-state index is 11.5. The van der Waals surface area contributed by atoms with Crippen molar-refractivity contribution >= 4 is 12.2 Å². The van der Waals surface area contributed by atoms with Crippen LogP contribution in [0.4, 0.5) is 9.59 Å². The molecular weight excluding hydrogens is 496 g/mol. The summed E-state index contributed by atoms with van der Waals surface area (Å²) >= 11 is 0. The fourth-order valence-electron chi connectivity index (χ4n) is 3.32. The number of hydrogen-bond acceptors (Lipinski definition) is 6. The predicted octanol–water partition coefficient (Wildman–Crippen LogP) is 6.11. The van der Waals surface area contributed by atoms with Crippen LogP contribution in [0.2, 0.25) is 0 Å². The van der Waals surface area contributed by atoms with Crippen molar-refractivity contribution in [2.24, 2.45) is 0 Å². The number of aliphatic hydroxyl groups is 1. The molecule has 8 nitrogen and oxygen atoms in total. The minimum Gasteiger partial charge on any atom is -0.485 e. The smallest absolute Gasteiger partial charge is 0.407 e. The normalized spacial score (nSPS) is 14.6. The van der Waals surface area contributed by atoms with Crippen LogP contribution in [0, 0.1) is 6.85 Å². The highest BCUT2D eigenvalue weighted by Gasteiger charge is 2.15. The molecule has 39 heavy (non-hydrogen) atoms. The summed E-state index contributed by atoms with van der Waals surface area (Å²) < 4.78 is 70.4. The van der Waals surface area contributed by atoms with Crippen molar-refractivity contribution in [2.75, 3.05) is 26.3 Å². The SMILES string of the molecule is CCOC(=O)NCCC(O)c1ccccc1.[2H]c1c([2H])c([2H])c(C([2H])([2H])[2H])c(OC(CCNC(=O)OCC)c2ccccc2)c1[2H]. The summed E-state index contributed by atoms with van der Waals surface area (Å²) in [6.45, 7) is 1.73. The third-order valence-electron chi connectivity index (χ3n) is 5.18. The molecular formula is C31H40N2O6. The van der Waals surface area contributed by atoms with Gasteiger partial charge in [0.1, 0.15) is 11.9 Å². The Morgan fingerprint density at radius 1 is 0.846 bits per heavy atom. The molecule has 8 heteroatoms. The van der Waals surface area contributed by atoms with E-state index < -0.39 is 66.7 Å². The van der Waals surface area contributed by atoms with Crippen molar-refractivity contribution in [1.29, 1.82) is 0 Å². The predicted molar refractivity (Wildman–Crippen MR) is 152 cm³/mol. The minimum atomic E-state index is -2.81. The van der Waals surface area contributed by atoms with Crippen LogP contribution in [-0.2, 0) is 9.47 Å². The lowest BCUT2D eigenvalue weighted by Gasteiger charge is -2.21. The Kier molecular flexibility index (Phi) is 10.2. The van der Waals surface area contributed by atoms with Gasteiger partial charge in [-0.05, 0) is 49.9 Å². The molecule has 210 valence electrons. The number of benzene rings is 3. The van der Waals surface area contributed by atoms with E-state index in [1.165, 1.54) is 0 Å². The van der Waals surface area contributed by atoms with Gasteiger partial charge in [-0.1, -0.05) is 78.8 Å². The van der Waals surface area contributed by atoms with E-state index in [4.69, 9.17) is 23.8 Å². The van der Waals surface area contributed by atoms with Gasteiger partial charge in [0.2, 0.25) is 0 Å². The zero-order valence-corrected chi connectivity index (χ0v) is 22.2. The molecule has 0 saturated heterocycles. The van der Waals surface area contributed by atoms with Crippen LogP contribution in [0.25, 0.3) is 0 Å². The number of carbonyl (C=O) groups excluding carboxylic acids is 2. The van der Waals surface area contributed by atoms with E-state index >= 15 is 0 Å². The molecule has 0 aromatic heterocycles. The molecule has 3 aromatic carbocycles. The number of para-hydroxylation sites is 1. The second kappa shape index (κ2) is 18.3. The molecule has 0 bridgehead atoms. The van der Waals surface area contributed by atoms with Crippen molar-refractivity contribution in [2.45, 2.75) is 45.7 Å². The van der Waals surface area contributed by atoms with Crippen LogP contribution in [0.3, 0.4) is 0 Å². The summed E-state index contributed by atoms with van der Waals surface area (Å²) in [4.78, 5) is 22.5. The first-order valence-corrected chi connectivity index (χ1v) is 12.7. The Morgan fingerprint density at radius 2 is 1.38 bits per heavy atom. The van der Waals surface area contributed by atoms with Crippen molar-refractivity contribution in [1.82, 2.24) is 10.6 Å². The largest absolute Gasteiger partial charge is 0.485 e. The van der Waals surface area contributed by atoms with E-state index in [-0.39, 0.29) is 19.6 Å².